The SMILES string of the molecule is CCCNc1nc(Nc2ccsc2)nc(-n2ccnc2)n1. The molecule has 21 heavy (non-hydrogen) atoms. The third kappa shape index (κ3) is 3.34. The van der Waals surface area contributed by atoms with Gasteiger partial charge in [0.2, 0.25) is 17.8 Å². The van der Waals surface area contributed by atoms with Crippen LogP contribution in [0.25, 0.3) is 5.95 Å². The predicted octanol–water partition coefficient (Wildman–Crippen LogP) is 2.68. The summed E-state index contributed by atoms with van der Waals surface area (Å²) in [7, 11) is 0. The van der Waals surface area contributed by atoms with Gasteiger partial charge in [-0.15, -0.1) is 0 Å². The number of anilines is 3. The lowest BCUT2D eigenvalue weighted by molar-refractivity contribution is 0.883. The van der Waals surface area contributed by atoms with Crippen molar-refractivity contribution in [3.8, 4) is 5.95 Å². The lowest BCUT2D eigenvalue weighted by Gasteiger charge is -2.09. The van der Waals surface area contributed by atoms with Crippen LogP contribution in [-0.2, 0) is 0 Å². The van der Waals surface area contributed by atoms with E-state index < -0.39 is 0 Å². The Labute approximate surface area is 126 Å². The Kier molecular flexibility index (Phi) is 4.06. The Morgan fingerprint density at radius 2 is 2.14 bits per heavy atom. The molecule has 0 aliphatic rings. The van der Waals surface area contributed by atoms with E-state index in [1.165, 1.54) is 0 Å². The van der Waals surface area contributed by atoms with E-state index in [1.807, 2.05) is 16.8 Å². The van der Waals surface area contributed by atoms with Crippen LogP contribution in [0, 0.1) is 0 Å². The summed E-state index contributed by atoms with van der Waals surface area (Å²) in [6.45, 7) is 2.90. The van der Waals surface area contributed by atoms with E-state index in [0.29, 0.717) is 17.8 Å². The summed E-state index contributed by atoms with van der Waals surface area (Å²) in [6, 6.07) is 1.98. The normalized spacial score (nSPS) is 10.5. The third-order valence-electron chi connectivity index (χ3n) is 2.67. The van der Waals surface area contributed by atoms with Crippen LogP contribution in [0.5, 0.6) is 0 Å². The molecular formula is C13H15N7S. The number of imidazole rings is 1. The fourth-order valence-corrected chi connectivity index (χ4v) is 2.28. The average Bonchev–Trinajstić information content (AvgIpc) is 3.18. The molecule has 0 aromatic carbocycles. The molecule has 3 rings (SSSR count). The van der Waals surface area contributed by atoms with Crippen LogP contribution in [0.3, 0.4) is 0 Å². The number of nitrogens with zero attached hydrogens (tertiary/aromatic N) is 5. The molecule has 0 saturated heterocycles. The van der Waals surface area contributed by atoms with Crippen molar-refractivity contribution in [2.45, 2.75) is 13.3 Å². The first-order valence-corrected chi connectivity index (χ1v) is 7.57. The second-order valence-electron chi connectivity index (χ2n) is 4.32. The van der Waals surface area contributed by atoms with E-state index in [0.717, 1.165) is 18.7 Å². The third-order valence-corrected chi connectivity index (χ3v) is 3.35. The highest BCUT2D eigenvalue weighted by molar-refractivity contribution is 7.08. The summed E-state index contributed by atoms with van der Waals surface area (Å²) >= 11 is 1.61. The van der Waals surface area contributed by atoms with Gasteiger partial charge in [0.1, 0.15) is 6.33 Å². The van der Waals surface area contributed by atoms with Gasteiger partial charge in [0.05, 0.1) is 5.69 Å². The standard InChI is InChI=1S/C13H15N7S/c1-2-4-15-11-17-12(16-10-3-7-21-8-10)19-13(18-11)20-6-5-14-9-20/h3,5-9H,2,4H2,1H3,(H2,15,16,17,18,19). The Bertz CT molecular complexity index is 679. The van der Waals surface area contributed by atoms with Gasteiger partial charge < -0.3 is 10.6 Å². The summed E-state index contributed by atoms with van der Waals surface area (Å²) < 4.78 is 1.75. The van der Waals surface area contributed by atoms with Gasteiger partial charge in [-0.2, -0.15) is 26.3 Å². The highest BCUT2D eigenvalue weighted by Gasteiger charge is 2.08. The highest BCUT2D eigenvalue weighted by atomic mass is 32.1. The van der Waals surface area contributed by atoms with Gasteiger partial charge in [0.15, 0.2) is 0 Å². The van der Waals surface area contributed by atoms with Crippen LogP contribution in [-0.4, -0.2) is 31.0 Å². The second kappa shape index (κ2) is 6.31. The van der Waals surface area contributed by atoms with Crippen LogP contribution in [0.1, 0.15) is 13.3 Å². The number of thiophene rings is 1. The largest absolute Gasteiger partial charge is 0.354 e. The number of hydrogen-bond acceptors (Lipinski definition) is 7. The molecule has 3 aromatic rings. The predicted molar refractivity (Wildman–Crippen MR) is 83.3 cm³/mol. The van der Waals surface area contributed by atoms with E-state index in [2.05, 4.69) is 37.5 Å². The molecule has 0 amide bonds. The molecule has 0 saturated carbocycles. The lowest BCUT2D eigenvalue weighted by atomic mass is 10.5. The fraction of sp³-hybridized carbons (Fsp3) is 0.231. The molecule has 0 aliphatic carbocycles. The minimum atomic E-state index is 0.505. The van der Waals surface area contributed by atoms with Gasteiger partial charge >= 0.3 is 0 Å². The van der Waals surface area contributed by atoms with E-state index in [9.17, 15) is 0 Å². The Balaban J connectivity index is 1.92. The minimum Gasteiger partial charge on any atom is -0.354 e. The van der Waals surface area contributed by atoms with Gasteiger partial charge in [0, 0.05) is 24.3 Å². The van der Waals surface area contributed by atoms with Crippen LogP contribution >= 0.6 is 11.3 Å². The maximum Gasteiger partial charge on any atom is 0.241 e. The van der Waals surface area contributed by atoms with E-state index >= 15 is 0 Å². The molecule has 0 spiro atoms. The van der Waals surface area contributed by atoms with E-state index in [4.69, 9.17) is 0 Å². The Morgan fingerprint density at radius 1 is 1.24 bits per heavy atom. The molecular weight excluding hydrogens is 286 g/mol. The second-order valence-corrected chi connectivity index (χ2v) is 5.10. The molecule has 0 fully saturated rings. The number of aromatic nitrogens is 5. The average molecular weight is 301 g/mol. The topological polar surface area (TPSA) is 80.5 Å². The zero-order valence-electron chi connectivity index (χ0n) is 11.5. The van der Waals surface area contributed by atoms with Crippen LogP contribution in [0.2, 0.25) is 0 Å². The summed E-state index contributed by atoms with van der Waals surface area (Å²) in [5.74, 6) is 1.58. The molecule has 108 valence electrons. The fourth-order valence-electron chi connectivity index (χ4n) is 1.69. The first-order valence-electron chi connectivity index (χ1n) is 6.62. The molecule has 3 aromatic heterocycles. The minimum absolute atomic E-state index is 0.505. The first-order chi connectivity index (χ1) is 10.3. The Morgan fingerprint density at radius 3 is 2.86 bits per heavy atom. The summed E-state index contributed by atoms with van der Waals surface area (Å²) in [5.41, 5.74) is 0.962. The quantitative estimate of drug-likeness (QED) is 0.728. The molecule has 0 atom stereocenters. The molecule has 0 unspecified atom stereocenters. The van der Waals surface area contributed by atoms with Crippen LogP contribution < -0.4 is 10.6 Å². The maximum absolute atomic E-state index is 4.41. The van der Waals surface area contributed by atoms with Gasteiger partial charge in [-0.3, -0.25) is 4.57 Å². The molecule has 2 N–H and O–H groups in total. The van der Waals surface area contributed by atoms with Crippen molar-refractivity contribution in [2.24, 2.45) is 0 Å². The van der Waals surface area contributed by atoms with Gasteiger partial charge in [-0.25, -0.2) is 4.98 Å². The van der Waals surface area contributed by atoms with Gasteiger partial charge in [0.25, 0.3) is 0 Å². The number of nitrogens with one attached hydrogen (secondary N) is 2. The number of hydrogen-bond donors (Lipinski definition) is 2. The first kappa shape index (κ1) is 13.5. The van der Waals surface area contributed by atoms with Crippen molar-refractivity contribution in [3.63, 3.8) is 0 Å². The zero-order chi connectivity index (χ0) is 14.5. The number of rotatable bonds is 6. The molecule has 3 heterocycles. The smallest absolute Gasteiger partial charge is 0.241 e. The van der Waals surface area contributed by atoms with E-state index in [-0.39, 0.29) is 0 Å². The van der Waals surface area contributed by atoms with Crippen LogP contribution in [0.4, 0.5) is 17.6 Å². The lowest BCUT2D eigenvalue weighted by Crippen LogP contribution is -2.11. The zero-order valence-corrected chi connectivity index (χ0v) is 12.3. The van der Waals surface area contributed by atoms with Gasteiger partial charge in [-0.1, -0.05) is 6.92 Å². The van der Waals surface area contributed by atoms with Crippen molar-refractivity contribution < 1.29 is 0 Å². The summed E-state index contributed by atoms with van der Waals surface area (Å²) in [5, 5.41) is 10.4. The molecule has 0 radical (unpaired) electrons. The summed E-state index contributed by atoms with van der Waals surface area (Å²) in [4.78, 5) is 17.2. The molecule has 0 bridgehead atoms. The van der Waals surface area contributed by atoms with Crippen LogP contribution in [0.15, 0.2) is 35.5 Å². The van der Waals surface area contributed by atoms with Gasteiger partial charge in [-0.05, 0) is 17.9 Å². The van der Waals surface area contributed by atoms with E-state index in [1.54, 1.807) is 34.6 Å². The monoisotopic (exact) mass is 301 g/mol. The van der Waals surface area contributed by atoms with Crippen molar-refractivity contribution in [2.75, 3.05) is 17.2 Å². The summed E-state index contributed by atoms with van der Waals surface area (Å²) in [6.07, 6.45) is 6.15. The Hall–Kier alpha value is -2.48. The van der Waals surface area contributed by atoms with Crippen molar-refractivity contribution >= 4 is 28.9 Å². The molecule has 8 heteroatoms. The molecule has 0 aliphatic heterocycles. The maximum atomic E-state index is 4.41. The van der Waals surface area contributed by atoms with Crippen molar-refractivity contribution in [1.29, 1.82) is 0 Å². The van der Waals surface area contributed by atoms with Crippen molar-refractivity contribution in [1.82, 2.24) is 24.5 Å². The molecule has 7 nitrogen and oxygen atoms in total. The highest BCUT2D eigenvalue weighted by Crippen LogP contribution is 2.18. The van der Waals surface area contributed by atoms with Crippen molar-refractivity contribution in [3.05, 3.63) is 35.5 Å².